The normalized spacial score (nSPS) is 11.5. The number of rotatable bonds is 8. The van der Waals surface area contributed by atoms with E-state index in [1.165, 1.54) is 0 Å². The first-order valence-corrected chi connectivity index (χ1v) is 7.93. The van der Waals surface area contributed by atoms with Gasteiger partial charge in [0.15, 0.2) is 5.96 Å². The van der Waals surface area contributed by atoms with Gasteiger partial charge in [0.05, 0.1) is 12.2 Å². The zero-order valence-corrected chi connectivity index (χ0v) is 13.8. The quantitative estimate of drug-likeness (QED) is 0.444. The van der Waals surface area contributed by atoms with Gasteiger partial charge in [-0.15, -0.1) is 0 Å². The fraction of sp³-hybridized carbons (Fsp3) is 0.412. The minimum Gasteiger partial charge on any atom is -0.385 e. The zero-order chi connectivity index (χ0) is 16.3. The van der Waals surface area contributed by atoms with Crippen molar-refractivity contribution in [3.05, 3.63) is 48.3 Å². The molecule has 6 heteroatoms. The second kappa shape index (κ2) is 9.63. The second-order valence-corrected chi connectivity index (χ2v) is 5.09. The van der Waals surface area contributed by atoms with E-state index >= 15 is 0 Å². The number of nitrogens with one attached hydrogen (secondary N) is 2. The lowest BCUT2D eigenvalue weighted by Gasteiger charge is -2.11. The van der Waals surface area contributed by atoms with E-state index in [9.17, 15) is 0 Å². The number of methoxy groups -OCH3 is 1. The maximum Gasteiger partial charge on any atom is 0.191 e. The Labute approximate surface area is 137 Å². The largest absolute Gasteiger partial charge is 0.385 e. The molecular weight excluding hydrogens is 290 g/mol. The highest BCUT2D eigenvalue weighted by Gasteiger charge is 2.00. The Kier molecular flexibility index (Phi) is 7.13. The van der Waals surface area contributed by atoms with Gasteiger partial charge in [-0.3, -0.25) is 0 Å². The molecule has 0 saturated heterocycles. The third-order valence-electron chi connectivity index (χ3n) is 3.26. The van der Waals surface area contributed by atoms with Gasteiger partial charge in [-0.2, -0.15) is 5.10 Å². The topological polar surface area (TPSA) is 63.5 Å². The van der Waals surface area contributed by atoms with E-state index in [-0.39, 0.29) is 0 Å². The van der Waals surface area contributed by atoms with Crippen molar-refractivity contribution in [3.8, 4) is 5.69 Å². The summed E-state index contributed by atoms with van der Waals surface area (Å²) in [6.45, 7) is 5.11. The number of benzene rings is 1. The first-order chi connectivity index (χ1) is 11.3. The van der Waals surface area contributed by atoms with Crippen LogP contribution in [0, 0.1) is 0 Å². The van der Waals surface area contributed by atoms with Gasteiger partial charge in [-0.05, 0) is 37.1 Å². The monoisotopic (exact) mass is 315 g/mol. The fourth-order valence-corrected chi connectivity index (χ4v) is 2.15. The molecule has 0 aliphatic rings. The van der Waals surface area contributed by atoms with Crippen LogP contribution < -0.4 is 10.6 Å². The van der Waals surface area contributed by atoms with Crippen molar-refractivity contribution >= 4 is 5.96 Å². The maximum absolute atomic E-state index is 5.05. The van der Waals surface area contributed by atoms with Crippen LogP contribution in [-0.4, -0.2) is 42.5 Å². The van der Waals surface area contributed by atoms with Gasteiger partial charge in [-0.25, -0.2) is 9.67 Å². The van der Waals surface area contributed by atoms with E-state index in [1.54, 1.807) is 13.3 Å². The van der Waals surface area contributed by atoms with Crippen LogP contribution in [-0.2, 0) is 11.3 Å². The lowest BCUT2D eigenvalue weighted by molar-refractivity contribution is 0.195. The van der Waals surface area contributed by atoms with Crippen molar-refractivity contribution < 1.29 is 4.74 Å². The van der Waals surface area contributed by atoms with Crippen LogP contribution in [0.5, 0.6) is 0 Å². The molecule has 0 unspecified atom stereocenters. The molecule has 0 bridgehead atoms. The summed E-state index contributed by atoms with van der Waals surface area (Å²) < 4.78 is 6.90. The van der Waals surface area contributed by atoms with Crippen molar-refractivity contribution in [2.24, 2.45) is 4.99 Å². The van der Waals surface area contributed by atoms with Crippen LogP contribution in [0.4, 0.5) is 0 Å². The van der Waals surface area contributed by atoms with Crippen LogP contribution in [0.25, 0.3) is 5.69 Å². The van der Waals surface area contributed by atoms with Gasteiger partial charge < -0.3 is 15.4 Å². The summed E-state index contributed by atoms with van der Waals surface area (Å²) in [6, 6.07) is 10.2. The van der Waals surface area contributed by atoms with E-state index in [4.69, 9.17) is 4.74 Å². The van der Waals surface area contributed by atoms with Crippen molar-refractivity contribution in [2.75, 3.05) is 26.8 Å². The molecule has 2 aromatic rings. The van der Waals surface area contributed by atoms with E-state index in [0.717, 1.165) is 43.3 Å². The zero-order valence-electron chi connectivity index (χ0n) is 13.8. The van der Waals surface area contributed by atoms with Crippen molar-refractivity contribution in [1.82, 2.24) is 20.4 Å². The van der Waals surface area contributed by atoms with Crippen molar-refractivity contribution in [1.29, 1.82) is 0 Å². The Hall–Kier alpha value is -2.34. The summed E-state index contributed by atoms with van der Waals surface area (Å²) in [5, 5.41) is 10.8. The second-order valence-electron chi connectivity index (χ2n) is 5.09. The Balaban J connectivity index is 1.96. The molecule has 2 N–H and O–H groups in total. The lowest BCUT2D eigenvalue weighted by Crippen LogP contribution is -2.38. The number of aromatic nitrogens is 2. The van der Waals surface area contributed by atoms with E-state index in [2.05, 4.69) is 39.8 Å². The molecule has 2 rings (SSSR count). The molecule has 124 valence electrons. The van der Waals surface area contributed by atoms with Crippen molar-refractivity contribution in [3.63, 3.8) is 0 Å². The minimum atomic E-state index is 0.620. The van der Waals surface area contributed by atoms with Crippen LogP contribution in [0.3, 0.4) is 0 Å². The van der Waals surface area contributed by atoms with E-state index in [0.29, 0.717) is 6.54 Å². The molecule has 1 aromatic carbocycles. The van der Waals surface area contributed by atoms with Gasteiger partial charge >= 0.3 is 0 Å². The summed E-state index contributed by atoms with van der Waals surface area (Å²) in [4.78, 5) is 4.63. The molecule has 0 aliphatic heterocycles. The third kappa shape index (κ3) is 5.75. The predicted molar refractivity (Wildman–Crippen MR) is 92.9 cm³/mol. The Morgan fingerprint density at radius 1 is 1.30 bits per heavy atom. The predicted octanol–water partition coefficient (Wildman–Crippen LogP) is 1.96. The number of ether oxygens (including phenoxy) is 1. The van der Waals surface area contributed by atoms with Crippen LogP contribution in [0.1, 0.15) is 18.9 Å². The Bertz CT molecular complexity index is 595. The molecule has 0 fully saturated rings. The average molecular weight is 315 g/mol. The van der Waals surface area contributed by atoms with Gasteiger partial charge in [0, 0.05) is 39.2 Å². The van der Waals surface area contributed by atoms with Gasteiger partial charge in [0.25, 0.3) is 0 Å². The standard InChI is InChI=1S/C17H25N5O/c1-3-18-17(19-9-6-12-23-2)20-14-15-7-4-8-16(13-15)22-11-5-10-21-22/h4-5,7-8,10-11,13H,3,6,9,12,14H2,1-2H3,(H2,18,19,20). The van der Waals surface area contributed by atoms with Crippen LogP contribution >= 0.6 is 0 Å². The molecule has 0 radical (unpaired) electrons. The number of aliphatic imine (C=N–C) groups is 1. The first kappa shape index (κ1) is 17.0. The number of hydrogen-bond donors (Lipinski definition) is 2. The van der Waals surface area contributed by atoms with Crippen LogP contribution in [0.2, 0.25) is 0 Å². The lowest BCUT2D eigenvalue weighted by atomic mass is 10.2. The number of guanidine groups is 1. The highest BCUT2D eigenvalue weighted by Crippen LogP contribution is 2.10. The van der Waals surface area contributed by atoms with Gasteiger partial charge in [0.2, 0.25) is 0 Å². The van der Waals surface area contributed by atoms with Gasteiger partial charge in [0.1, 0.15) is 0 Å². The highest BCUT2D eigenvalue weighted by molar-refractivity contribution is 5.79. The van der Waals surface area contributed by atoms with E-state index < -0.39 is 0 Å². The summed E-state index contributed by atoms with van der Waals surface area (Å²) in [6.07, 6.45) is 4.66. The third-order valence-corrected chi connectivity index (χ3v) is 3.26. The molecule has 0 spiro atoms. The molecule has 0 atom stereocenters. The van der Waals surface area contributed by atoms with Gasteiger partial charge in [-0.1, -0.05) is 12.1 Å². The average Bonchev–Trinajstić information content (AvgIpc) is 3.11. The fourth-order valence-electron chi connectivity index (χ4n) is 2.15. The first-order valence-electron chi connectivity index (χ1n) is 7.93. The molecule has 1 heterocycles. The summed E-state index contributed by atoms with van der Waals surface area (Å²) in [5.74, 6) is 0.827. The maximum atomic E-state index is 5.05. The Morgan fingerprint density at radius 2 is 2.22 bits per heavy atom. The number of hydrogen-bond acceptors (Lipinski definition) is 3. The SMILES string of the molecule is CCNC(=NCc1cccc(-n2cccn2)c1)NCCCOC. The highest BCUT2D eigenvalue weighted by atomic mass is 16.5. The molecular formula is C17H25N5O. The van der Waals surface area contributed by atoms with Crippen molar-refractivity contribution in [2.45, 2.75) is 19.9 Å². The summed E-state index contributed by atoms with van der Waals surface area (Å²) in [5.41, 5.74) is 2.19. The smallest absolute Gasteiger partial charge is 0.191 e. The molecule has 0 amide bonds. The number of nitrogens with zero attached hydrogens (tertiary/aromatic N) is 3. The minimum absolute atomic E-state index is 0.620. The summed E-state index contributed by atoms with van der Waals surface area (Å²) >= 11 is 0. The molecule has 6 nitrogen and oxygen atoms in total. The molecule has 23 heavy (non-hydrogen) atoms. The summed E-state index contributed by atoms with van der Waals surface area (Å²) in [7, 11) is 1.71. The molecule has 0 aliphatic carbocycles. The van der Waals surface area contributed by atoms with E-state index in [1.807, 2.05) is 29.1 Å². The Morgan fingerprint density at radius 3 is 2.96 bits per heavy atom. The molecule has 1 aromatic heterocycles. The van der Waals surface area contributed by atoms with Crippen LogP contribution in [0.15, 0.2) is 47.7 Å². The molecule has 0 saturated carbocycles.